The Morgan fingerprint density at radius 1 is 2.00 bits per heavy atom. The Balaban J connectivity index is 3.35. The van der Waals surface area contributed by atoms with Crippen molar-refractivity contribution in [1.29, 1.82) is 0 Å². The van der Waals surface area contributed by atoms with Gasteiger partial charge in [0.1, 0.15) is 0 Å². The lowest BCUT2D eigenvalue weighted by atomic mass is 10.3. The fourth-order valence-electron chi connectivity index (χ4n) is 0.264. The zero-order valence-corrected chi connectivity index (χ0v) is 6.04. The Morgan fingerprint density at radius 3 is 2.75 bits per heavy atom. The smallest absolute Gasteiger partial charge is 0.213 e. The highest BCUT2D eigenvalue weighted by Gasteiger charge is 2.01. The zero-order chi connectivity index (χ0) is 6.41. The molecular formula is C5H7OS2. The minimum atomic E-state index is -0.143. The molecule has 0 aliphatic carbocycles. The van der Waals surface area contributed by atoms with Gasteiger partial charge in [-0.15, -0.1) is 18.2 Å². The maximum atomic E-state index is 9.88. The number of hydrogen-bond acceptors (Lipinski definition) is 3. The monoisotopic (exact) mass is 147 g/mol. The van der Waals surface area contributed by atoms with E-state index in [4.69, 9.17) is 0 Å². The van der Waals surface area contributed by atoms with Crippen molar-refractivity contribution in [3.8, 4) is 0 Å². The van der Waals surface area contributed by atoms with Crippen LogP contribution in [-0.2, 0) is 4.79 Å². The lowest BCUT2D eigenvalue weighted by Gasteiger charge is -1.96. The molecule has 0 rings (SSSR count). The van der Waals surface area contributed by atoms with Crippen LogP contribution >= 0.6 is 22.5 Å². The van der Waals surface area contributed by atoms with Crippen LogP contribution < -0.4 is 0 Å². The summed E-state index contributed by atoms with van der Waals surface area (Å²) in [6.45, 7) is 3.47. The molecule has 8 heavy (non-hydrogen) atoms. The van der Waals surface area contributed by atoms with E-state index in [9.17, 15) is 4.79 Å². The van der Waals surface area contributed by atoms with Crippen molar-refractivity contribution in [3.63, 3.8) is 0 Å². The second kappa shape index (κ2) is 5.25. The van der Waals surface area contributed by atoms with E-state index in [1.54, 1.807) is 6.08 Å². The quantitative estimate of drug-likeness (QED) is 0.370. The van der Waals surface area contributed by atoms with E-state index >= 15 is 0 Å². The van der Waals surface area contributed by atoms with Crippen LogP contribution in [0.1, 0.15) is 6.42 Å². The summed E-state index contributed by atoms with van der Waals surface area (Å²) in [7, 11) is 1.19. The van der Waals surface area contributed by atoms with Crippen LogP contribution in [0.25, 0.3) is 0 Å². The highest BCUT2D eigenvalue weighted by molar-refractivity contribution is 8.69. The standard InChI is InChI=1S/C5H7OS2/c1-2-3-5(4-6)8-7/h2,5,7H,1,3H2. The largest absolute Gasteiger partial charge is 0.290 e. The molecule has 1 atom stereocenters. The molecule has 0 fully saturated rings. The van der Waals surface area contributed by atoms with E-state index in [2.05, 4.69) is 18.2 Å². The summed E-state index contributed by atoms with van der Waals surface area (Å²) in [6, 6.07) is 0. The predicted octanol–water partition coefficient (Wildman–Crippen LogP) is 1.62. The third-order valence-corrected chi connectivity index (χ3v) is 1.95. The lowest BCUT2D eigenvalue weighted by Crippen LogP contribution is -1.98. The molecule has 0 heterocycles. The Kier molecular flexibility index (Phi) is 5.32. The molecule has 0 N–H and O–H groups in total. The van der Waals surface area contributed by atoms with Gasteiger partial charge in [-0.3, -0.25) is 4.79 Å². The Labute approximate surface area is 58.3 Å². The molecule has 0 aromatic heterocycles. The van der Waals surface area contributed by atoms with E-state index in [0.29, 0.717) is 6.42 Å². The van der Waals surface area contributed by atoms with Crippen LogP contribution in [0.3, 0.4) is 0 Å². The molecule has 0 saturated carbocycles. The third kappa shape index (κ3) is 3.16. The highest BCUT2D eigenvalue weighted by atomic mass is 33.1. The predicted molar refractivity (Wildman–Crippen MR) is 40.9 cm³/mol. The van der Waals surface area contributed by atoms with Crippen LogP contribution in [0.15, 0.2) is 12.7 Å². The first-order valence-electron chi connectivity index (χ1n) is 2.14. The fraction of sp³-hybridized carbons (Fsp3) is 0.400. The van der Waals surface area contributed by atoms with Gasteiger partial charge in [-0.25, -0.2) is 0 Å². The second-order valence-corrected chi connectivity index (χ2v) is 2.65. The van der Waals surface area contributed by atoms with Gasteiger partial charge in [-0.2, -0.15) is 0 Å². The number of carbonyl (C=O) groups excluding carboxylic acids is 1. The van der Waals surface area contributed by atoms with Crippen LogP contribution in [0.4, 0.5) is 0 Å². The normalized spacial score (nSPS) is 12.6. The van der Waals surface area contributed by atoms with Gasteiger partial charge < -0.3 is 0 Å². The maximum Gasteiger partial charge on any atom is 0.213 e. The van der Waals surface area contributed by atoms with Gasteiger partial charge in [0.05, 0.1) is 5.25 Å². The van der Waals surface area contributed by atoms with Crippen LogP contribution in [0.5, 0.6) is 0 Å². The van der Waals surface area contributed by atoms with Crippen LogP contribution in [0, 0.1) is 0 Å². The molecular weight excluding hydrogens is 140 g/mol. The maximum absolute atomic E-state index is 9.88. The zero-order valence-electron chi connectivity index (χ0n) is 4.33. The fourth-order valence-corrected chi connectivity index (χ4v) is 0.917. The molecule has 0 bridgehead atoms. The molecule has 1 nitrogen and oxygen atoms in total. The van der Waals surface area contributed by atoms with Gasteiger partial charge in [-0.05, 0) is 6.42 Å². The van der Waals surface area contributed by atoms with Gasteiger partial charge in [0.25, 0.3) is 0 Å². The van der Waals surface area contributed by atoms with E-state index in [-0.39, 0.29) is 5.25 Å². The third-order valence-electron chi connectivity index (χ3n) is 0.639. The summed E-state index contributed by atoms with van der Waals surface area (Å²) in [5, 5.41) is -0.143. The van der Waals surface area contributed by atoms with Crippen molar-refractivity contribution in [2.45, 2.75) is 11.7 Å². The van der Waals surface area contributed by atoms with Gasteiger partial charge in [0.15, 0.2) is 0 Å². The van der Waals surface area contributed by atoms with E-state index in [1.807, 2.05) is 6.29 Å². The molecule has 0 spiro atoms. The van der Waals surface area contributed by atoms with Gasteiger partial charge >= 0.3 is 0 Å². The minimum Gasteiger partial charge on any atom is -0.290 e. The van der Waals surface area contributed by atoms with Crippen molar-refractivity contribution < 1.29 is 4.79 Å². The lowest BCUT2D eigenvalue weighted by molar-refractivity contribution is 0.553. The molecule has 1 unspecified atom stereocenters. The SMILES string of the molecule is C=CCC([C]=O)SS. The van der Waals surface area contributed by atoms with Crippen LogP contribution in [-0.4, -0.2) is 11.5 Å². The van der Waals surface area contributed by atoms with Crippen LogP contribution in [0.2, 0.25) is 0 Å². The Bertz CT molecular complexity index is 82.5. The Hall–Kier alpha value is 0.110. The summed E-state index contributed by atoms with van der Waals surface area (Å²) >= 11 is 3.84. The summed E-state index contributed by atoms with van der Waals surface area (Å²) in [5.41, 5.74) is 0. The highest BCUT2D eigenvalue weighted by Crippen LogP contribution is 2.15. The summed E-state index contributed by atoms with van der Waals surface area (Å²) in [6.07, 6.45) is 4.15. The molecule has 45 valence electrons. The molecule has 0 aromatic carbocycles. The summed E-state index contributed by atoms with van der Waals surface area (Å²) in [5.74, 6) is 0. The van der Waals surface area contributed by atoms with Crippen molar-refractivity contribution in [2.24, 2.45) is 0 Å². The first-order chi connectivity index (χ1) is 3.85. The molecule has 0 amide bonds. The summed E-state index contributed by atoms with van der Waals surface area (Å²) in [4.78, 5) is 9.88. The van der Waals surface area contributed by atoms with E-state index < -0.39 is 0 Å². The molecule has 3 heteroatoms. The average Bonchev–Trinajstić information content (AvgIpc) is 1.83. The van der Waals surface area contributed by atoms with Crippen molar-refractivity contribution >= 4 is 28.7 Å². The molecule has 0 aliphatic heterocycles. The summed E-state index contributed by atoms with van der Waals surface area (Å²) < 4.78 is 0. The molecule has 0 aliphatic rings. The van der Waals surface area contributed by atoms with Crippen molar-refractivity contribution in [3.05, 3.63) is 12.7 Å². The number of allylic oxidation sites excluding steroid dienone is 1. The van der Waals surface area contributed by atoms with Crippen molar-refractivity contribution in [2.75, 3.05) is 0 Å². The van der Waals surface area contributed by atoms with Gasteiger partial charge in [-0.1, -0.05) is 16.9 Å². The molecule has 1 radical (unpaired) electrons. The second-order valence-electron chi connectivity index (χ2n) is 1.24. The van der Waals surface area contributed by atoms with E-state index in [1.165, 1.54) is 10.8 Å². The number of rotatable bonds is 4. The first kappa shape index (κ1) is 8.11. The molecule has 0 saturated heterocycles. The molecule has 0 aromatic rings. The Morgan fingerprint density at radius 2 is 2.62 bits per heavy atom. The van der Waals surface area contributed by atoms with Crippen molar-refractivity contribution in [1.82, 2.24) is 0 Å². The van der Waals surface area contributed by atoms with E-state index in [0.717, 1.165) is 0 Å². The number of thiol groups is 1. The van der Waals surface area contributed by atoms with Gasteiger partial charge in [0, 0.05) is 0 Å². The topological polar surface area (TPSA) is 17.1 Å². The average molecular weight is 147 g/mol. The first-order valence-corrected chi connectivity index (χ1v) is 4.07. The minimum absolute atomic E-state index is 0.143. The number of hydrogen-bond donors (Lipinski definition) is 1. The van der Waals surface area contributed by atoms with Gasteiger partial charge in [0.2, 0.25) is 6.29 Å².